The molecule has 0 spiro atoms. The molecule has 0 aliphatic carbocycles. The van der Waals surface area contributed by atoms with E-state index in [1.807, 2.05) is 0 Å². The lowest BCUT2D eigenvalue weighted by Gasteiger charge is -2.20. The Labute approximate surface area is 270 Å². The Kier molecular flexibility index (Phi) is 6.57. The van der Waals surface area contributed by atoms with Gasteiger partial charge in [0.2, 0.25) is 11.8 Å². The molecule has 8 rings (SSSR count). The van der Waals surface area contributed by atoms with Crippen molar-refractivity contribution in [3.05, 3.63) is 132 Å². The van der Waals surface area contributed by atoms with Gasteiger partial charge in [-0.25, -0.2) is 9.98 Å². The van der Waals surface area contributed by atoms with Gasteiger partial charge in [-0.05, 0) is 113 Å². The molecule has 0 unspecified atom stereocenters. The summed E-state index contributed by atoms with van der Waals surface area (Å²) in [7, 11) is 0. The lowest BCUT2D eigenvalue weighted by atomic mass is 9.84. The van der Waals surface area contributed by atoms with Crippen molar-refractivity contribution in [1.29, 1.82) is 0 Å². The third kappa shape index (κ3) is 5.04. The zero-order chi connectivity index (χ0) is 31.5. The van der Waals surface area contributed by atoms with Crippen molar-refractivity contribution in [1.82, 2.24) is 0 Å². The molecule has 0 aromatic heterocycles. The number of aliphatic imine (C=N–C) groups is 2. The molecule has 0 atom stereocenters. The predicted octanol–water partition coefficient (Wildman–Crippen LogP) is 10.1. The van der Waals surface area contributed by atoms with Crippen molar-refractivity contribution in [2.24, 2.45) is 9.98 Å². The molecule has 6 aromatic rings. The van der Waals surface area contributed by atoms with Crippen molar-refractivity contribution in [3.63, 3.8) is 0 Å². The molecule has 0 N–H and O–H groups in total. The normalized spacial score (nSPS) is 16.6. The number of fused-ring (bicyclic) bond motifs is 2. The molecule has 2 aliphatic heterocycles. The molecule has 4 nitrogen and oxygen atoms in total. The van der Waals surface area contributed by atoms with Crippen molar-refractivity contribution in [2.75, 3.05) is 13.1 Å². The minimum atomic E-state index is -0.267. The molecule has 4 heteroatoms. The average molecular weight is 601 g/mol. The van der Waals surface area contributed by atoms with Crippen LogP contribution in [0.25, 0.3) is 54.9 Å². The molecule has 0 saturated carbocycles. The number of ether oxygens (including phenoxy) is 2. The first kappa shape index (κ1) is 28.3. The highest BCUT2D eigenvalue weighted by Crippen LogP contribution is 2.45. The van der Waals surface area contributed by atoms with Gasteiger partial charge in [0.15, 0.2) is 0 Å². The highest BCUT2D eigenvalue weighted by atomic mass is 16.5. The number of rotatable bonds is 5. The van der Waals surface area contributed by atoms with Crippen molar-refractivity contribution in [2.45, 2.75) is 38.9 Å². The molecule has 2 aliphatic rings. The first-order valence-electron chi connectivity index (χ1n) is 16.0. The predicted molar refractivity (Wildman–Crippen MR) is 191 cm³/mol. The highest BCUT2D eigenvalue weighted by Gasteiger charge is 2.29. The highest BCUT2D eigenvalue weighted by molar-refractivity contribution is 6.22. The zero-order valence-corrected chi connectivity index (χ0v) is 26.7. The van der Waals surface area contributed by atoms with Gasteiger partial charge in [0.1, 0.15) is 11.2 Å². The van der Waals surface area contributed by atoms with Gasteiger partial charge < -0.3 is 9.47 Å². The number of benzene rings is 6. The fourth-order valence-electron chi connectivity index (χ4n) is 6.65. The molecule has 6 aromatic carbocycles. The van der Waals surface area contributed by atoms with Crippen LogP contribution in [-0.2, 0) is 9.47 Å². The van der Waals surface area contributed by atoms with Crippen LogP contribution in [0.2, 0.25) is 0 Å². The summed E-state index contributed by atoms with van der Waals surface area (Å²) in [5.41, 5.74) is 8.64. The fourth-order valence-corrected chi connectivity index (χ4v) is 6.65. The third-order valence-electron chi connectivity index (χ3n) is 8.92. The van der Waals surface area contributed by atoms with Crippen LogP contribution >= 0.6 is 0 Å². The second-order valence-corrected chi connectivity index (χ2v) is 13.5. The summed E-state index contributed by atoms with van der Waals surface area (Å²) in [5.74, 6) is 1.43. The largest absolute Gasteiger partial charge is 0.469 e. The Morgan fingerprint density at radius 3 is 1.30 bits per heavy atom. The fraction of sp³-hybridized carbons (Fsp3) is 0.190. The number of nitrogens with zero attached hydrogens (tertiary/aromatic N) is 2. The van der Waals surface area contributed by atoms with E-state index >= 15 is 0 Å². The second kappa shape index (κ2) is 10.7. The Bertz CT molecular complexity index is 2170. The quantitative estimate of drug-likeness (QED) is 0.185. The minimum absolute atomic E-state index is 0.265. The maximum absolute atomic E-state index is 6.14. The van der Waals surface area contributed by atoms with E-state index in [4.69, 9.17) is 9.47 Å². The molecular weight excluding hydrogens is 564 g/mol. The van der Waals surface area contributed by atoms with E-state index in [1.54, 1.807) is 0 Å². The third-order valence-corrected chi connectivity index (χ3v) is 8.92. The van der Waals surface area contributed by atoms with E-state index in [0.29, 0.717) is 19.0 Å². The van der Waals surface area contributed by atoms with Crippen molar-refractivity contribution >= 4 is 33.3 Å². The van der Waals surface area contributed by atoms with E-state index in [2.05, 4.69) is 159 Å². The zero-order valence-electron chi connectivity index (χ0n) is 26.7. The molecule has 0 amide bonds. The first-order valence-corrected chi connectivity index (χ1v) is 16.0. The standard InChI is InChI=1S/C42H36N2O2/c1-41(2)25-43-39(45-41)30-18-14-28(15-19-30)37-33-12-8-9-13-34(33)38(29-16-20-31(21-17-29)40-44-26-42(3,4)46-40)36-24-32(22-23-35(36)37)27-10-6-5-7-11-27/h5-24H,25-26H2,1-4H3. The van der Waals surface area contributed by atoms with E-state index in [9.17, 15) is 0 Å². The number of hydrogen-bond acceptors (Lipinski definition) is 4. The van der Waals surface area contributed by atoms with Crippen molar-refractivity contribution in [3.8, 4) is 33.4 Å². The summed E-state index contributed by atoms with van der Waals surface area (Å²) in [6, 6.07) is 43.7. The maximum Gasteiger partial charge on any atom is 0.216 e. The lowest BCUT2D eigenvalue weighted by molar-refractivity contribution is 0.131. The summed E-state index contributed by atoms with van der Waals surface area (Å²) in [6.45, 7) is 9.65. The van der Waals surface area contributed by atoms with Crippen LogP contribution in [0.3, 0.4) is 0 Å². The van der Waals surface area contributed by atoms with Gasteiger partial charge in [-0.15, -0.1) is 0 Å². The summed E-state index contributed by atoms with van der Waals surface area (Å²) in [6.07, 6.45) is 0. The van der Waals surface area contributed by atoms with Crippen LogP contribution in [0.1, 0.15) is 38.8 Å². The van der Waals surface area contributed by atoms with Gasteiger partial charge in [0.05, 0.1) is 13.1 Å². The smallest absolute Gasteiger partial charge is 0.216 e. The van der Waals surface area contributed by atoms with Gasteiger partial charge in [-0.1, -0.05) is 91.0 Å². The summed E-state index contributed by atoms with van der Waals surface area (Å²) >= 11 is 0. The van der Waals surface area contributed by atoms with Crippen LogP contribution < -0.4 is 0 Å². The van der Waals surface area contributed by atoms with Crippen LogP contribution in [0.4, 0.5) is 0 Å². The van der Waals surface area contributed by atoms with Crippen molar-refractivity contribution < 1.29 is 9.47 Å². The second-order valence-electron chi connectivity index (χ2n) is 13.5. The van der Waals surface area contributed by atoms with Gasteiger partial charge in [0, 0.05) is 11.1 Å². The van der Waals surface area contributed by atoms with Crippen LogP contribution in [-0.4, -0.2) is 36.1 Å². The minimum Gasteiger partial charge on any atom is -0.469 e. The molecular formula is C42H36N2O2. The number of hydrogen-bond donors (Lipinski definition) is 0. The van der Waals surface area contributed by atoms with Gasteiger partial charge >= 0.3 is 0 Å². The molecule has 2 heterocycles. The molecule has 0 radical (unpaired) electrons. The Hall–Kier alpha value is -5.22. The molecule has 0 bridgehead atoms. The van der Waals surface area contributed by atoms with Crippen LogP contribution in [0.5, 0.6) is 0 Å². The first-order chi connectivity index (χ1) is 22.2. The lowest BCUT2D eigenvalue weighted by Crippen LogP contribution is -2.24. The van der Waals surface area contributed by atoms with Gasteiger partial charge in [-0.3, -0.25) is 0 Å². The monoisotopic (exact) mass is 600 g/mol. The van der Waals surface area contributed by atoms with E-state index in [1.165, 1.54) is 43.8 Å². The average Bonchev–Trinajstić information content (AvgIpc) is 3.64. The topological polar surface area (TPSA) is 43.2 Å². The summed E-state index contributed by atoms with van der Waals surface area (Å²) in [5, 5.41) is 4.86. The molecule has 0 fully saturated rings. The SMILES string of the molecule is CC1(C)CN=C(c2ccc(-c3c4ccccc4c(-c4ccc(C5=NCC(C)(C)O5)cc4)c4cc(-c5ccccc5)ccc34)cc2)O1. The Morgan fingerprint density at radius 1 is 0.413 bits per heavy atom. The van der Waals surface area contributed by atoms with Gasteiger partial charge in [-0.2, -0.15) is 0 Å². The summed E-state index contributed by atoms with van der Waals surface area (Å²) in [4.78, 5) is 9.33. The summed E-state index contributed by atoms with van der Waals surface area (Å²) < 4.78 is 12.3. The van der Waals surface area contributed by atoms with Crippen LogP contribution in [0, 0.1) is 0 Å². The van der Waals surface area contributed by atoms with E-state index < -0.39 is 0 Å². The van der Waals surface area contributed by atoms with Gasteiger partial charge in [0.25, 0.3) is 0 Å². The van der Waals surface area contributed by atoms with E-state index in [0.717, 1.165) is 28.2 Å². The molecule has 0 saturated heterocycles. The van der Waals surface area contributed by atoms with E-state index in [-0.39, 0.29) is 11.2 Å². The maximum atomic E-state index is 6.14. The van der Waals surface area contributed by atoms with Crippen LogP contribution in [0.15, 0.2) is 131 Å². The molecule has 226 valence electrons. The Balaban J connectivity index is 1.32. The molecule has 46 heavy (non-hydrogen) atoms. The Morgan fingerprint density at radius 2 is 0.826 bits per heavy atom.